The fourth-order valence-electron chi connectivity index (χ4n) is 2.44. The first-order valence-corrected chi connectivity index (χ1v) is 7.01. The normalized spacial score (nSPS) is 14.1. The topological polar surface area (TPSA) is 52.6 Å². The van der Waals surface area contributed by atoms with Crippen LogP contribution in [0.25, 0.3) is 10.8 Å². The standard InChI is InChI=1S/C17H22N2O2/c1-17(21,12-19(2)3)11-18-16(20)15-9-8-13-6-4-5-7-14(13)10-15/h4-10,21H,11-12H2,1-3H3,(H,18,20). The van der Waals surface area contributed by atoms with E-state index in [1.165, 1.54) is 0 Å². The zero-order chi connectivity index (χ0) is 15.5. The smallest absolute Gasteiger partial charge is 0.251 e. The molecule has 4 nitrogen and oxygen atoms in total. The van der Waals surface area contributed by atoms with Gasteiger partial charge in [-0.05, 0) is 43.9 Å². The minimum absolute atomic E-state index is 0.167. The lowest BCUT2D eigenvalue weighted by atomic mass is 10.1. The van der Waals surface area contributed by atoms with Crippen molar-refractivity contribution < 1.29 is 9.90 Å². The second-order valence-electron chi connectivity index (χ2n) is 5.98. The number of aliphatic hydroxyl groups is 1. The van der Waals surface area contributed by atoms with Crippen molar-refractivity contribution >= 4 is 16.7 Å². The minimum Gasteiger partial charge on any atom is -0.387 e. The second kappa shape index (κ2) is 6.24. The first-order valence-electron chi connectivity index (χ1n) is 7.01. The number of hydrogen-bond donors (Lipinski definition) is 2. The van der Waals surface area contributed by atoms with Crippen LogP contribution in [0.4, 0.5) is 0 Å². The molecule has 4 heteroatoms. The van der Waals surface area contributed by atoms with E-state index >= 15 is 0 Å². The summed E-state index contributed by atoms with van der Waals surface area (Å²) in [6.45, 7) is 2.43. The third kappa shape index (κ3) is 4.28. The Morgan fingerprint density at radius 2 is 1.86 bits per heavy atom. The van der Waals surface area contributed by atoms with E-state index in [1.807, 2.05) is 55.4 Å². The van der Waals surface area contributed by atoms with Crippen LogP contribution < -0.4 is 5.32 Å². The van der Waals surface area contributed by atoms with Crippen LogP contribution in [-0.2, 0) is 0 Å². The molecule has 2 aromatic rings. The van der Waals surface area contributed by atoms with Crippen molar-refractivity contribution in [3.63, 3.8) is 0 Å². The fraction of sp³-hybridized carbons (Fsp3) is 0.353. The van der Waals surface area contributed by atoms with Gasteiger partial charge in [-0.25, -0.2) is 0 Å². The number of rotatable bonds is 5. The van der Waals surface area contributed by atoms with Gasteiger partial charge in [-0.15, -0.1) is 0 Å². The average molecular weight is 286 g/mol. The highest BCUT2D eigenvalue weighted by Gasteiger charge is 2.22. The van der Waals surface area contributed by atoms with Crippen LogP contribution in [0.3, 0.4) is 0 Å². The van der Waals surface area contributed by atoms with Gasteiger partial charge < -0.3 is 15.3 Å². The summed E-state index contributed by atoms with van der Waals surface area (Å²) in [5, 5.41) is 15.1. The number of hydrogen-bond acceptors (Lipinski definition) is 3. The molecule has 0 saturated heterocycles. The van der Waals surface area contributed by atoms with Crippen molar-refractivity contribution in [1.82, 2.24) is 10.2 Å². The molecular formula is C17H22N2O2. The minimum atomic E-state index is -0.948. The summed E-state index contributed by atoms with van der Waals surface area (Å²) >= 11 is 0. The van der Waals surface area contributed by atoms with Gasteiger partial charge >= 0.3 is 0 Å². The number of likely N-dealkylation sites (N-methyl/N-ethyl adjacent to an activating group) is 1. The number of nitrogens with one attached hydrogen (secondary N) is 1. The molecule has 2 rings (SSSR count). The molecule has 0 spiro atoms. The predicted octanol–water partition coefficient (Wildman–Crippen LogP) is 1.88. The predicted molar refractivity (Wildman–Crippen MR) is 85.5 cm³/mol. The van der Waals surface area contributed by atoms with Gasteiger partial charge in [-0.1, -0.05) is 30.3 Å². The third-order valence-electron chi connectivity index (χ3n) is 3.30. The SMILES string of the molecule is CN(C)CC(C)(O)CNC(=O)c1ccc2ccccc2c1. The van der Waals surface area contributed by atoms with Crippen molar-refractivity contribution in [2.45, 2.75) is 12.5 Å². The Labute approximate surface area is 125 Å². The molecule has 1 amide bonds. The van der Waals surface area contributed by atoms with Crippen LogP contribution in [0.5, 0.6) is 0 Å². The largest absolute Gasteiger partial charge is 0.387 e. The highest BCUT2D eigenvalue weighted by Crippen LogP contribution is 2.15. The Kier molecular flexibility index (Phi) is 4.60. The van der Waals surface area contributed by atoms with Gasteiger partial charge in [0.2, 0.25) is 0 Å². The van der Waals surface area contributed by atoms with E-state index < -0.39 is 5.60 Å². The molecular weight excluding hydrogens is 264 g/mol. The maximum atomic E-state index is 12.2. The van der Waals surface area contributed by atoms with E-state index in [4.69, 9.17) is 0 Å². The summed E-state index contributed by atoms with van der Waals surface area (Å²) in [7, 11) is 3.78. The Morgan fingerprint density at radius 1 is 1.19 bits per heavy atom. The van der Waals surface area contributed by atoms with Crippen LogP contribution in [0.1, 0.15) is 17.3 Å². The van der Waals surface area contributed by atoms with Crippen LogP contribution in [0.2, 0.25) is 0 Å². The van der Waals surface area contributed by atoms with Gasteiger partial charge in [0.15, 0.2) is 0 Å². The van der Waals surface area contributed by atoms with E-state index in [0.717, 1.165) is 10.8 Å². The molecule has 0 heterocycles. The number of fused-ring (bicyclic) bond motifs is 1. The van der Waals surface area contributed by atoms with E-state index in [1.54, 1.807) is 13.0 Å². The summed E-state index contributed by atoms with van der Waals surface area (Å²) in [6, 6.07) is 13.5. The molecule has 0 bridgehead atoms. The van der Waals surface area contributed by atoms with Crippen molar-refractivity contribution in [1.29, 1.82) is 0 Å². The molecule has 2 aromatic carbocycles. The van der Waals surface area contributed by atoms with Gasteiger partial charge in [0.1, 0.15) is 0 Å². The molecule has 2 N–H and O–H groups in total. The maximum Gasteiger partial charge on any atom is 0.251 e. The van der Waals surface area contributed by atoms with Gasteiger partial charge in [0, 0.05) is 18.7 Å². The van der Waals surface area contributed by atoms with Crippen molar-refractivity contribution in [2.24, 2.45) is 0 Å². The molecule has 0 radical (unpaired) electrons. The van der Waals surface area contributed by atoms with Gasteiger partial charge in [-0.2, -0.15) is 0 Å². The highest BCUT2D eigenvalue weighted by molar-refractivity contribution is 5.98. The Bertz CT molecular complexity index is 635. The molecule has 0 aromatic heterocycles. The molecule has 112 valence electrons. The average Bonchev–Trinajstić information content (AvgIpc) is 2.43. The van der Waals surface area contributed by atoms with Gasteiger partial charge in [0.05, 0.1) is 5.60 Å². The van der Waals surface area contributed by atoms with E-state index in [-0.39, 0.29) is 12.5 Å². The number of nitrogens with zero attached hydrogens (tertiary/aromatic N) is 1. The maximum absolute atomic E-state index is 12.2. The molecule has 1 unspecified atom stereocenters. The molecule has 0 saturated carbocycles. The summed E-state index contributed by atoms with van der Waals surface area (Å²) < 4.78 is 0. The first-order chi connectivity index (χ1) is 9.87. The summed E-state index contributed by atoms with van der Waals surface area (Å²) in [6.07, 6.45) is 0. The molecule has 0 aliphatic rings. The first kappa shape index (κ1) is 15.5. The van der Waals surface area contributed by atoms with Crippen molar-refractivity contribution in [3.05, 3.63) is 48.0 Å². The van der Waals surface area contributed by atoms with Crippen molar-refractivity contribution in [3.8, 4) is 0 Å². The monoisotopic (exact) mass is 286 g/mol. The van der Waals surface area contributed by atoms with Crippen LogP contribution in [0, 0.1) is 0 Å². The zero-order valence-electron chi connectivity index (χ0n) is 12.8. The Hall–Kier alpha value is -1.91. The third-order valence-corrected chi connectivity index (χ3v) is 3.30. The van der Waals surface area contributed by atoms with Gasteiger partial charge in [0.25, 0.3) is 5.91 Å². The molecule has 0 aliphatic heterocycles. The van der Waals surface area contributed by atoms with Gasteiger partial charge in [-0.3, -0.25) is 4.79 Å². The van der Waals surface area contributed by atoms with Crippen LogP contribution >= 0.6 is 0 Å². The summed E-state index contributed by atoms with van der Waals surface area (Å²) in [5.74, 6) is -0.167. The number of benzene rings is 2. The lowest BCUT2D eigenvalue weighted by Crippen LogP contribution is -2.47. The summed E-state index contributed by atoms with van der Waals surface area (Å²) in [5.41, 5.74) is -0.343. The zero-order valence-corrected chi connectivity index (χ0v) is 12.8. The Balaban J connectivity index is 2.05. The van der Waals surface area contributed by atoms with E-state index in [2.05, 4.69) is 5.32 Å². The molecule has 0 fully saturated rings. The van der Waals surface area contributed by atoms with Crippen LogP contribution in [-0.4, -0.2) is 48.7 Å². The van der Waals surface area contributed by atoms with Crippen molar-refractivity contribution in [2.75, 3.05) is 27.2 Å². The van der Waals surface area contributed by atoms with E-state index in [0.29, 0.717) is 12.1 Å². The number of carbonyl (C=O) groups excluding carboxylic acids is 1. The summed E-state index contributed by atoms with van der Waals surface area (Å²) in [4.78, 5) is 14.1. The number of amides is 1. The Morgan fingerprint density at radius 3 is 2.52 bits per heavy atom. The van der Waals surface area contributed by atoms with Crippen LogP contribution in [0.15, 0.2) is 42.5 Å². The number of carbonyl (C=O) groups is 1. The molecule has 1 atom stereocenters. The molecule has 0 aliphatic carbocycles. The lowest BCUT2D eigenvalue weighted by Gasteiger charge is -2.27. The quantitative estimate of drug-likeness (QED) is 0.882. The fourth-order valence-corrected chi connectivity index (χ4v) is 2.44. The van der Waals surface area contributed by atoms with E-state index in [9.17, 15) is 9.90 Å². The highest BCUT2D eigenvalue weighted by atomic mass is 16.3. The lowest BCUT2D eigenvalue weighted by molar-refractivity contribution is 0.0326. The molecule has 21 heavy (non-hydrogen) atoms. The second-order valence-corrected chi connectivity index (χ2v) is 5.98.